The van der Waals surface area contributed by atoms with Crippen molar-refractivity contribution in [2.75, 3.05) is 43.4 Å². The average Bonchev–Trinajstić information content (AvgIpc) is 3.24. The standard InChI is InChI=1S/C25H33N3O4S2/c1-5-27(6-2)15-16-28(25-26-22-13-10-20(32-7-3)18-23(22)33-25)24(29)14-17-34(30,31)21-11-8-19(4)9-12-21/h8-13,18H,5-7,14-17H2,1-4H3. The molecule has 34 heavy (non-hydrogen) atoms. The lowest BCUT2D eigenvalue weighted by Crippen LogP contribution is -2.39. The number of benzene rings is 2. The fourth-order valence-corrected chi connectivity index (χ4v) is 5.86. The highest BCUT2D eigenvalue weighted by Gasteiger charge is 2.24. The topological polar surface area (TPSA) is 79.8 Å². The van der Waals surface area contributed by atoms with E-state index in [1.165, 1.54) is 11.3 Å². The molecule has 0 radical (unpaired) electrons. The van der Waals surface area contributed by atoms with E-state index >= 15 is 0 Å². The van der Waals surface area contributed by atoms with E-state index in [9.17, 15) is 13.2 Å². The summed E-state index contributed by atoms with van der Waals surface area (Å²) in [6, 6.07) is 12.4. The minimum atomic E-state index is -3.56. The Kier molecular flexibility index (Phi) is 9.04. The third-order valence-electron chi connectivity index (χ3n) is 5.69. The van der Waals surface area contributed by atoms with Crippen LogP contribution in [0.25, 0.3) is 10.2 Å². The molecular weight excluding hydrogens is 470 g/mol. The van der Waals surface area contributed by atoms with Crippen LogP contribution >= 0.6 is 11.3 Å². The smallest absolute Gasteiger partial charge is 0.229 e. The minimum Gasteiger partial charge on any atom is -0.494 e. The summed E-state index contributed by atoms with van der Waals surface area (Å²) in [6.45, 7) is 11.4. The quantitative estimate of drug-likeness (QED) is 0.361. The third kappa shape index (κ3) is 6.55. The summed E-state index contributed by atoms with van der Waals surface area (Å²) in [5.74, 6) is 0.276. The van der Waals surface area contributed by atoms with Crippen LogP contribution in [0.3, 0.4) is 0 Å². The van der Waals surface area contributed by atoms with Gasteiger partial charge in [-0.3, -0.25) is 9.69 Å². The molecule has 0 aliphatic rings. The van der Waals surface area contributed by atoms with Gasteiger partial charge in [-0.15, -0.1) is 0 Å². The van der Waals surface area contributed by atoms with Gasteiger partial charge in [-0.25, -0.2) is 13.4 Å². The number of ether oxygens (including phenoxy) is 1. The first-order valence-electron chi connectivity index (χ1n) is 11.6. The normalized spacial score (nSPS) is 11.8. The van der Waals surface area contributed by atoms with E-state index in [-0.39, 0.29) is 23.0 Å². The highest BCUT2D eigenvalue weighted by molar-refractivity contribution is 7.91. The Morgan fingerprint density at radius 3 is 2.38 bits per heavy atom. The molecule has 0 saturated heterocycles. The zero-order valence-electron chi connectivity index (χ0n) is 20.3. The predicted octanol–water partition coefficient (Wildman–Crippen LogP) is 4.54. The highest BCUT2D eigenvalue weighted by atomic mass is 32.2. The Hall–Kier alpha value is -2.49. The number of fused-ring (bicyclic) bond motifs is 1. The Morgan fingerprint density at radius 1 is 1.03 bits per heavy atom. The second-order valence-corrected chi connectivity index (χ2v) is 11.1. The molecule has 0 N–H and O–H groups in total. The van der Waals surface area contributed by atoms with Crippen LogP contribution in [0, 0.1) is 6.92 Å². The van der Waals surface area contributed by atoms with Gasteiger partial charge in [0.2, 0.25) is 5.91 Å². The second-order valence-electron chi connectivity index (χ2n) is 8.01. The van der Waals surface area contributed by atoms with Crippen LogP contribution in [0.2, 0.25) is 0 Å². The maximum atomic E-state index is 13.3. The van der Waals surface area contributed by atoms with Gasteiger partial charge in [0, 0.05) is 19.5 Å². The third-order valence-corrected chi connectivity index (χ3v) is 8.46. The van der Waals surface area contributed by atoms with Crippen LogP contribution in [0.4, 0.5) is 5.13 Å². The van der Waals surface area contributed by atoms with Crippen molar-refractivity contribution in [3.8, 4) is 5.75 Å². The lowest BCUT2D eigenvalue weighted by atomic mass is 10.2. The largest absolute Gasteiger partial charge is 0.494 e. The van der Waals surface area contributed by atoms with Crippen molar-refractivity contribution in [1.82, 2.24) is 9.88 Å². The Balaban J connectivity index is 1.82. The number of likely N-dealkylation sites (N-methyl/N-ethyl adjacent to an activating group) is 1. The van der Waals surface area contributed by atoms with E-state index in [4.69, 9.17) is 4.74 Å². The van der Waals surface area contributed by atoms with Gasteiger partial charge in [0.05, 0.1) is 27.5 Å². The van der Waals surface area contributed by atoms with Crippen molar-refractivity contribution < 1.29 is 17.9 Å². The van der Waals surface area contributed by atoms with E-state index in [0.717, 1.165) is 34.6 Å². The summed E-state index contributed by atoms with van der Waals surface area (Å²) in [4.78, 5) is 22.1. The van der Waals surface area contributed by atoms with Crippen molar-refractivity contribution in [3.05, 3.63) is 48.0 Å². The van der Waals surface area contributed by atoms with Crippen molar-refractivity contribution in [1.29, 1.82) is 0 Å². The molecule has 1 aromatic heterocycles. The number of thiazole rings is 1. The average molecular weight is 504 g/mol. The number of hydrogen-bond donors (Lipinski definition) is 0. The lowest BCUT2D eigenvalue weighted by molar-refractivity contribution is -0.118. The molecule has 0 aliphatic carbocycles. The molecule has 3 aromatic rings. The number of anilines is 1. The number of carbonyl (C=O) groups is 1. The van der Waals surface area contributed by atoms with Crippen LogP contribution in [0.15, 0.2) is 47.4 Å². The molecule has 2 aromatic carbocycles. The SMILES string of the molecule is CCOc1ccc2nc(N(CCN(CC)CC)C(=O)CCS(=O)(=O)c3ccc(C)cc3)sc2c1. The van der Waals surface area contributed by atoms with Gasteiger partial charge in [-0.05, 0) is 57.3 Å². The lowest BCUT2D eigenvalue weighted by Gasteiger charge is -2.24. The maximum Gasteiger partial charge on any atom is 0.229 e. The monoisotopic (exact) mass is 503 g/mol. The van der Waals surface area contributed by atoms with Gasteiger partial charge in [0.1, 0.15) is 5.75 Å². The van der Waals surface area contributed by atoms with Gasteiger partial charge >= 0.3 is 0 Å². The molecule has 0 spiro atoms. The molecule has 9 heteroatoms. The molecule has 0 bridgehead atoms. The van der Waals surface area contributed by atoms with Gasteiger partial charge in [0.15, 0.2) is 15.0 Å². The molecule has 0 atom stereocenters. The summed E-state index contributed by atoms with van der Waals surface area (Å²) in [5.41, 5.74) is 1.78. The number of carbonyl (C=O) groups excluding carboxylic acids is 1. The number of sulfone groups is 1. The summed E-state index contributed by atoms with van der Waals surface area (Å²) in [6.07, 6.45) is -0.103. The molecule has 3 rings (SSSR count). The van der Waals surface area contributed by atoms with Crippen LogP contribution < -0.4 is 9.64 Å². The van der Waals surface area contributed by atoms with E-state index in [0.29, 0.717) is 24.8 Å². The van der Waals surface area contributed by atoms with Crippen molar-refractivity contribution in [2.24, 2.45) is 0 Å². The Morgan fingerprint density at radius 2 is 1.74 bits per heavy atom. The first-order valence-corrected chi connectivity index (χ1v) is 14.1. The maximum absolute atomic E-state index is 13.3. The molecule has 0 unspecified atom stereocenters. The first kappa shape index (κ1) is 26.1. The van der Waals surface area contributed by atoms with E-state index in [2.05, 4.69) is 23.7 Å². The highest BCUT2D eigenvalue weighted by Crippen LogP contribution is 2.32. The van der Waals surface area contributed by atoms with Gasteiger partial charge in [0.25, 0.3) is 0 Å². The first-order chi connectivity index (χ1) is 16.3. The van der Waals surface area contributed by atoms with Crippen LogP contribution in [0.5, 0.6) is 5.75 Å². The van der Waals surface area contributed by atoms with E-state index in [1.807, 2.05) is 32.0 Å². The molecule has 0 aliphatic heterocycles. The van der Waals surface area contributed by atoms with Crippen LogP contribution in [-0.4, -0.2) is 62.7 Å². The van der Waals surface area contributed by atoms with Crippen molar-refractivity contribution >= 4 is 42.4 Å². The van der Waals surface area contributed by atoms with E-state index < -0.39 is 9.84 Å². The fraction of sp³-hybridized carbons (Fsp3) is 0.440. The Labute approximate surface area is 206 Å². The molecule has 1 heterocycles. The zero-order chi connectivity index (χ0) is 24.7. The zero-order valence-corrected chi connectivity index (χ0v) is 21.9. The summed E-state index contributed by atoms with van der Waals surface area (Å²) in [5, 5.41) is 0.577. The summed E-state index contributed by atoms with van der Waals surface area (Å²) >= 11 is 1.42. The van der Waals surface area contributed by atoms with Crippen LogP contribution in [0.1, 0.15) is 32.8 Å². The second kappa shape index (κ2) is 11.8. The van der Waals surface area contributed by atoms with Crippen molar-refractivity contribution in [2.45, 2.75) is 39.0 Å². The molecular formula is C25H33N3O4S2. The molecule has 1 amide bonds. The Bertz CT molecular complexity index is 1200. The van der Waals surface area contributed by atoms with Gasteiger partial charge in [-0.2, -0.15) is 0 Å². The predicted molar refractivity (Wildman–Crippen MR) is 139 cm³/mol. The van der Waals surface area contributed by atoms with Gasteiger partial charge < -0.3 is 9.64 Å². The minimum absolute atomic E-state index is 0.103. The fourth-order valence-electron chi connectivity index (χ4n) is 3.59. The number of aromatic nitrogens is 1. The number of hydrogen-bond acceptors (Lipinski definition) is 7. The molecule has 0 fully saturated rings. The summed E-state index contributed by atoms with van der Waals surface area (Å²) < 4.78 is 32.1. The number of amides is 1. The van der Waals surface area contributed by atoms with Crippen LogP contribution in [-0.2, 0) is 14.6 Å². The number of aryl methyl sites for hydroxylation is 1. The molecule has 7 nitrogen and oxygen atoms in total. The number of rotatable bonds is 12. The molecule has 184 valence electrons. The number of nitrogens with zero attached hydrogens (tertiary/aromatic N) is 3. The van der Waals surface area contributed by atoms with E-state index in [1.54, 1.807) is 29.2 Å². The van der Waals surface area contributed by atoms with Gasteiger partial charge in [-0.1, -0.05) is 42.9 Å². The molecule has 0 saturated carbocycles. The van der Waals surface area contributed by atoms with Crippen molar-refractivity contribution in [3.63, 3.8) is 0 Å². The summed E-state index contributed by atoms with van der Waals surface area (Å²) in [7, 11) is -3.56.